The topological polar surface area (TPSA) is 86.8 Å². The van der Waals surface area contributed by atoms with Gasteiger partial charge in [0.05, 0.1) is 10.6 Å². The summed E-state index contributed by atoms with van der Waals surface area (Å²) in [6, 6.07) is 27.1. The van der Waals surface area contributed by atoms with E-state index in [9.17, 15) is 18.0 Å². The number of amides is 2. The van der Waals surface area contributed by atoms with Crippen molar-refractivity contribution in [2.24, 2.45) is 0 Å². The summed E-state index contributed by atoms with van der Waals surface area (Å²) in [5.74, 6) is -0.811. The van der Waals surface area contributed by atoms with Crippen LogP contribution in [0.2, 0.25) is 10.0 Å². The number of carbonyl (C=O) groups is 2. The standard InChI is InChI=1S/C38H41Cl2N3O4S/c1-27-16-20-34(21-17-27)48(46,47)43(33-19-18-28(2)35(40)24-33)26-37(44)42(25-30-12-9-13-31(39)22-30)36(23-29-10-5-3-6-11-29)38(45)41-32-14-7-4-8-15-32/h3,5-6,9-13,16-22,24,32,36H,4,7-8,14-15,23,25-26H2,1-2H3,(H,41,45). The van der Waals surface area contributed by atoms with E-state index in [1.165, 1.54) is 17.0 Å². The molecule has 1 fully saturated rings. The van der Waals surface area contributed by atoms with E-state index in [0.717, 1.165) is 53.1 Å². The lowest BCUT2D eigenvalue weighted by Gasteiger charge is -2.35. The summed E-state index contributed by atoms with van der Waals surface area (Å²) < 4.78 is 29.6. The third-order valence-electron chi connectivity index (χ3n) is 8.80. The van der Waals surface area contributed by atoms with Crippen LogP contribution < -0.4 is 9.62 Å². The van der Waals surface area contributed by atoms with E-state index in [0.29, 0.717) is 15.6 Å². The molecule has 0 aromatic heterocycles. The van der Waals surface area contributed by atoms with E-state index in [-0.39, 0.29) is 35.5 Å². The number of benzene rings is 4. The second kappa shape index (κ2) is 16.0. The normalized spacial score (nSPS) is 14.2. The Labute approximate surface area is 293 Å². The minimum Gasteiger partial charge on any atom is -0.352 e. The lowest BCUT2D eigenvalue weighted by atomic mass is 9.94. The number of aryl methyl sites for hydroxylation is 2. The molecular weight excluding hydrogens is 665 g/mol. The zero-order chi connectivity index (χ0) is 34.3. The summed E-state index contributed by atoms with van der Waals surface area (Å²) in [6.45, 7) is 3.18. The van der Waals surface area contributed by atoms with E-state index in [1.807, 2.05) is 50.2 Å². The molecule has 1 N–H and O–H groups in total. The van der Waals surface area contributed by atoms with Crippen molar-refractivity contribution in [3.05, 3.63) is 129 Å². The van der Waals surface area contributed by atoms with Gasteiger partial charge in [0.1, 0.15) is 12.6 Å². The molecule has 252 valence electrons. The van der Waals surface area contributed by atoms with Crippen molar-refractivity contribution in [3.63, 3.8) is 0 Å². The molecule has 7 nitrogen and oxygen atoms in total. The van der Waals surface area contributed by atoms with Gasteiger partial charge < -0.3 is 10.2 Å². The summed E-state index contributed by atoms with van der Waals surface area (Å²) in [5.41, 5.74) is 3.50. The molecule has 2 amide bonds. The van der Waals surface area contributed by atoms with Crippen molar-refractivity contribution < 1.29 is 18.0 Å². The predicted molar refractivity (Wildman–Crippen MR) is 193 cm³/mol. The maximum Gasteiger partial charge on any atom is 0.264 e. The Morgan fingerprint density at radius 1 is 0.833 bits per heavy atom. The minimum atomic E-state index is -4.23. The first kappa shape index (κ1) is 35.5. The van der Waals surface area contributed by atoms with Gasteiger partial charge in [-0.1, -0.05) is 109 Å². The van der Waals surface area contributed by atoms with Crippen LogP contribution in [0.3, 0.4) is 0 Å². The number of anilines is 1. The van der Waals surface area contributed by atoms with Crippen molar-refractivity contribution in [1.29, 1.82) is 0 Å². The number of hydrogen-bond acceptors (Lipinski definition) is 4. The molecule has 0 saturated heterocycles. The first-order chi connectivity index (χ1) is 23.0. The van der Waals surface area contributed by atoms with E-state index in [4.69, 9.17) is 23.2 Å². The molecule has 10 heteroatoms. The molecule has 0 spiro atoms. The van der Waals surface area contributed by atoms with E-state index >= 15 is 0 Å². The second-order valence-corrected chi connectivity index (χ2v) is 15.2. The van der Waals surface area contributed by atoms with Crippen LogP contribution in [0.15, 0.2) is 102 Å². The number of rotatable bonds is 12. The molecule has 1 unspecified atom stereocenters. The number of sulfonamides is 1. The summed E-state index contributed by atoms with van der Waals surface area (Å²) in [4.78, 5) is 30.5. The van der Waals surface area contributed by atoms with Gasteiger partial charge in [-0.15, -0.1) is 0 Å². The average Bonchev–Trinajstić information content (AvgIpc) is 3.07. The lowest BCUT2D eigenvalue weighted by Crippen LogP contribution is -2.55. The van der Waals surface area contributed by atoms with Crippen LogP contribution in [0, 0.1) is 13.8 Å². The Morgan fingerprint density at radius 3 is 2.19 bits per heavy atom. The van der Waals surface area contributed by atoms with Crippen LogP contribution in [0.1, 0.15) is 54.4 Å². The van der Waals surface area contributed by atoms with Gasteiger partial charge in [-0.25, -0.2) is 8.42 Å². The van der Waals surface area contributed by atoms with Gasteiger partial charge in [0.2, 0.25) is 11.8 Å². The molecule has 0 aliphatic heterocycles. The fourth-order valence-corrected chi connectivity index (χ4v) is 7.83. The molecule has 4 aromatic rings. The largest absolute Gasteiger partial charge is 0.352 e. The van der Waals surface area contributed by atoms with E-state index in [1.54, 1.807) is 48.5 Å². The molecule has 5 rings (SSSR count). The minimum absolute atomic E-state index is 0.0146. The molecule has 1 aliphatic carbocycles. The molecule has 0 heterocycles. The second-order valence-electron chi connectivity index (χ2n) is 12.5. The summed E-state index contributed by atoms with van der Waals surface area (Å²) in [6.07, 6.45) is 5.20. The summed E-state index contributed by atoms with van der Waals surface area (Å²) in [5, 5.41) is 4.08. The Hall–Kier alpha value is -3.85. The highest BCUT2D eigenvalue weighted by Gasteiger charge is 2.35. The molecule has 0 bridgehead atoms. The molecular formula is C38H41Cl2N3O4S. The third-order valence-corrected chi connectivity index (χ3v) is 11.2. The molecule has 4 aromatic carbocycles. The van der Waals surface area contributed by atoms with Crippen LogP contribution in [0.4, 0.5) is 5.69 Å². The highest BCUT2D eigenvalue weighted by molar-refractivity contribution is 7.92. The van der Waals surface area contributed by atoms with Crippen LogP contribution in [0.25, 0.3) is 0 Å². The quantitative estimate of drug-likeness (QED) is 0.162. The number of nitrogens with zero attached hydrogens (tertiary/aromatic N) is 2. The average molecular weight is 707 g/mol. The third kappa shape index (κ3) is 8.98. The zero-order valence-corrected chi connectivity index (χ0v) is 29.6. The van der Waals surface area contributed by atoms with Gasteiger partial charge in [-0.3, -0.25) is 13.9 Å². The fraction of sp³-hybridized carbons (Fsp3) is 0.316. The van der Waals surface area contributed by atoms with E-state index in [2.05, 4.69) is 5.32 Å². The molecule has 1 saturated carbocycles. The monoisotopic (exact) mass is 705 g/mol. The number of nitrogens with one attached hydrogen (secondary N) is 1. The van der Waals surface area contributed by atoms with Gasteiger partial charge in [0, 0.05) is 29.1 Å². The Morgan fingerprint density at radius 2 is 1.52 bits per heavy atom. The summed E-state index contributed by atoms with van der Waals surface area (Å²) >= 11 is 12.8. The smallest absolute Gasteiger partial charge is 0.264 e. The number of carbonyl (C=O) groups excluding carboxylic acids is 2. The maximum absolute atomic E-state index is 14.7. The highest BCUT2D eigenvalue weighted by Crippen LogP contribution is 2.29. The Bertz CT molecular complexity index is 1830. The van der Waals surface area contributed by atoms with Crippen molar-refractivity contribution in [2.75, 3.05) is 10.8 Å². The van der Waals surface area contributed by atoms with Gasteiger partial charge in [-0.2, -0.15) is 0 Å². The van der Waals surface area contributed by atoms with Gasteiger partial charge in [0.15, 0.2) is 0 Å². The maximum atomic E-state index is 14.7. The number of hydrogen-bond donors (Lipinski definition) is 1. The van der Waals surface area contributed by atoms with Crippen molar-refractivity contribution in [1.82, 2.24) is 10.2 Å². The molecule has 1 atom stereocenters. The molecule has 0 radical (unpaired) electrons. The Balaban J connectivity index is 1.58. The number of halogens is 2. The summed E-state index contributed by atoms with van der Waals surface area (Å²) in [7, 11) is -4.23. The SMILES string of the molecule is Cc1ccc(S(=O)(=O)N(CC(=O)N(Cc2cccc(Cl)c2)C(Cc2ccccc2)C(=O)NC2CCCCC2)c2ccc(C)c(Cl)c2)cc1. The van der Waals surface area contributed by atoms with Crippen LogP contribution in [-0.4, -0.2) is 43.8 Å². The van der Waals surface area contributed by atoms with Crippen molar-refractivity contribution in [2.45, 2.75) is 75.9 Å². The first-order valence-corrected chi connectivity index (χ1v) is 18.4. The van der Waals surface area contributed by atoms with E-state index < -0.39 is 28.5 Å². The van der Waals surface area contributed by atoms with Crippen molar-refractivity contribution in [3.8, 4) is 0 Å². The van der Waals surface area contributed by atoms with Gasteiger partial charge >= 0.3 is 0 Å². The lowest BCUT2D eigenvalue weighted by molar-refractivity contribution is -0.140. The zero-order valence-electron chi connectivity index (χ0n) is 27.2. The van der Waals surface area contributed by atoms with Crippen LogP contribution in [-0.2, 0) is 32.6 Å². The highest BCUT2D eigenvalue weighted by atomic mass is 35.5. The van der Waals surface area contributed by atoms with Gasteiger partial charge in [0.25, 0.3) is 10.0 Å². The van der Waals surface area contributed by atoms with Gasteiger partial charge in [-0.05, 0) is 79.8 Å². The molecule has 48 heavy (non-hydrogen) atoms. The molecule has 1 aliphatic rings. The first-order valence-electron chi connectivity index (χ1n) is 16.2. The van der Waals surface area contributed by atoms with Crippen LogP contribution in [0.5, 0.6) is 0 Å². The fourth-order valence-electron chi connectivity index (χ4n) is 6.03. The predicted octanol–water partition coefficient (Wildman–Crippen LogP) is 7.89. The Kier molecular flexibility index (Phi) is 11.8. The van der Waals surface area contributed by atoms with Crippen LogP contribution >= 0.6 is 23.2 Å². The van der Waals surface area contributed by atoms with Crippen molar-refractivity contribution >= 4 is 50.7 Å².